The van der Waals surface area contributed by atoms with Gasteiger partial charge >= 0.3 is 0 Å². The van der Waals surface area contributed by atoms with E-state index in [1.807, 2.05) is 18.5 Å². The third-order valence-electron chi connectivity index (χ3n) is 8.64. The van der Waals surface area contributed by atoms with Gasteiger partial charge in [0.1, 0.15) is 0 Å². The van der Waals surface area contributed by atoms with Gasteiger partial charge in [0.2, 0.25) is 0 Å². The van der Waals surface area contributed by atoms with Crippen molar-refractivity contribution in [3.05, 3.63) is 158 Å². The van der Waals surface area contributed by atoms with Crippen molar-refractivity contribution in [3.8, 4) is 5.69 Å². The van der Waals surface area contributed by atoms with Gasteiger partial charge in [-0.1, -0.05) is 66.7 Å². The molecule has 8 aromatic rings. The average Bonchev–Trinajstić information content (AvgIpc) is 3.61. The SMILES string of the molecule is C/C=C\C(=C/C)n1c2ccccc2c2cc(N(c3ccccc3)c3ccc4c(c3)c3ccccc3n4-c3cccnc3)ccc21. The summed E-state index contributed by atoms with van der Waals surface area (Å²) in [6, 6.07) is 45.7. The molecule has 5 aromatic carbocycles. The molecule has 216 valence electrons. The number of hydrogen-bond donors (Lipinski definition) is 0. The topological polar surface area (TPSA) is 26.0 Å². The molecular formula is C41H32N4. The highest BCUT2D eigenvalue weighted by molar-refractivity contribution is 6.13. The van der Waals surface area contributed by atoms with Crippen LogP contribution in [0.4, 0.5) is 17.1 Å². The minimum atomic E-state index is 1.05. The lowest BCUT2D eigenvalue weighted by atomic mass is 10.1. The molecule has 4 heteroatoms. The van der Waals surface area contributed by atoms with Gasteiger partial charge in [-0.2, -0.15) is 0 Å². The Labute approximate surface area is 262 Å². The zero-order chi connectivity index (χ0) is 30.3. The normalized spacial score (nSPS) is 12.3. The van der Waals surface area contributed by atoms with Crippen molar-refractivity contribution in [1.82, 2.24) is 14.1 Å². The van der Waals surface area contributed by atoms with E-state index < -0.39 is 0 Å². The van der Waals surface area contributed by atoms with E-state index in [4.69, 9.17) is 0 Å². The second kappa shape index (κ2) is 11.0. The third kappa shape index (κ3) is 4.34. The quantitative estimate of drug-likeness (QED) is 0.183. The largest absolute Gasteiger partial charge is 0.310 e. The van der Waals surface area contributed by atoms with Gasteiger partial charge < -0.3 is 14.0 Å². The van der Waals surface area contributed by atoms with E-state index in [0.29, 0.717) is 0 Å². The first-order valence-electron chi connectivity index (χ1n) is 15.4. The molecule has 0 aliphatic heterocycles. The Morgan fingerprint density at radius 3 is 1.87 bits per heavy atom. The van der Waals surface area contributed by atoms with Gasteiger partial charge in [-0.05, 0) is 92.7 Å². The van der Waals surface area contributed by atoms with Gasteiger partial charge in [-0.25, -0.2) is 0 Å². The van der Waals surface area contributed by atoms with E-state index >= 15 is 0 Å². The molecule has 0 bridgehead atoms. The van der Waals surface area contributed by atoms with E-state index in [1.165, 1.54) is 38.1 Å². The van der Waals surface area contributed by atoms with Crippen LogP contribution in [0.2, 0.25) is 0 Å². The van der Waals surface area contributed by atoms with Gasteiger partial charge in [0, 0.05) is 50.5 Å². The number of para-hydroxylation sites is 3. The standard InChI is InChI=1S/C41H32N4/c1-3-13-29(4-2)44-38-19-10-8-17-34(38)36-26-31(21-23-40(36)44)43(30-14-6-5-7-15-30)32-22-24-41-37(27-32)35-18-9-11-20-39(35)45(41)33-16-12-25-42-28-33/h3-28H,1-2H3/b13-3-,29-4+. The summed E-state index contributed by atoms with van der Waals surface area (Å²) in [6.45, 7) is 4.17. The van der Waals surface area contributed by atoms with Crippen molar-refractivity contribution in [1.29, 1.82) is 0 Å². The van der Waals surface area contributed by atoms with Crippen LogP contribution in [0.25, 0.3) is 55.0 Å². The van der Waals surface area contributed by atoms with Crippen molar-refractivity contribution in [3.63, 3.8) is 0 Å². The summed E-state index contributed by atoms with van der Waals surface area (Å²) in [6.07, 6.45) is 10.2. The highest BCUT2D eigenvalue weighted by atomic mass is 15.1. The van der Waals surface area contributed by atoms with Crippen LogP contribution in [0.3, 0.4) is 0 Å². The van der Waals surface area contributed by atoms with Crippen molar-refractivity contribution in [2.45, 2.75) is 13.8 Å². The summed E-state index contributed by atoms with van der Waals surface area (Å²) >= 11 is 0. The molecule has 0 atom stereocenters. The van der Waals surface area contributed by atoms with E-state index in [9.17, 15) is 0 Å². The molecule has 4 nitrogen and oxygen atoms in total. The molecule has 0 radical (unpaired) electrons. The number of rotatable bonds is 6. The van der Waals surface area contributed by atoms with E-state index in [-0.39, 0.29) is 0 Å². The summed E-state index contributed by atoms with van der Waals surface area (Å²) in [5.74, 6) is 0. The van der Waals surface area contributed by atoms with Gasteiger partial charge in [-0.15, -0.1) is 0 Å². The molecule has 0 spiro atoms. The number of allylic oxidation sites excluding steroid dienone is 4. The molecule has 3 heterocycles. The maximum atomic E-state index is 4.42. The minimum Gasteiger partial charge on any atom is -0.310 e. The van der Waals surface area contributed by atoms with Crippen molar-refractivity contribution in [2.75, 3.05) is 4.90 Å². The van der Waals surface area contributed by atoms with Gasteiger partial charge in [-0.3, -0.25) is 4.98 Å². The van der Waals surface area contributed by atoms with E-state index in [2.05, 4.69) is 172 Å². The predicted molar refractivity (Wildman–Crippen MR) is 191 cm³/mol. The maximum absolute atomic E-state index is 4.42. The van der Waals surface area contributed by atoms with Gasteiger partial charge in [0.25, 0.3) is 0 Å². The minimum absolute atomic E-state index is 1.05. The Bertz CT molecular complexity index is 2390. The van der Waals surface area contributed by atoms with Crippen LogP contribution in [0.5, 0.6) is 0 Å². The molecule has 0 amide bonds. The van der Waals surface area contributed by atoms with Crippen LogP contribution in [-0.2, 0) is 0 Å². The first-order valence-corrected chi connectivity index (χ1v) is 15.4. The second-order valence-electron chi connectivity index (χ2n) is 11.2. The number of fused-ring (bicyclic) bond motifs is 6. The number of pyridine rings is 1. The van der Waals surface area contributed by atoms with Crippen LogP contribution in [0.15, 0.2) is 158 Å². The molecule has 45 heavy (non-hydrogen) atoms. The molecule has 0 saturated heterocycles. The summed E-state index contributed by atoms with van der Waals surface area (Å²) < 4.78 is 4.67. The van der Waals surface area contributed by atoms with Crippen LogP contribution in [0.1, 0.15) is 13.8 Å². The van der Waals surface area contributed by atoms with Crippen LogP contribution >= 0.6 is 0 Å². The Hall–Kier alpha value is -5.87. The summed E-state index contributed by atoms with van der Waals surface area (Å²) in [5, 5.41) is 4.88. The molecule has 0 N–H and O–H groups in total. The highest BCUT2D eigenvalue weighted by Crippen LogP contribution is 2.42. The summed E-state index contributed by atoms with van der Waals surface area (Å²) in [4.78, 5) is 6.78. The Morgan fingerprint density at radius 1 is 0.578 bits per heavy atom. The highest BCUT2D eigenvalue weighted by Gasteiger charge is 2.19. The molecule has 8 rings (SSSR count). The lowest BCUT2D eigenvalue weighted by Gasteiger charge is -2.26. The van der Waals surface area contributed by atoms with Gasteiger partial charge in [0.05, 0.1) is 34.0 Å². The first-order chi connectivity index (χ1) is 22.3. The number of nitrogens with zero attached hydrogens (tertiary/aromatic N) is 4. The average molecular weight is 581 g/mol. The molecule has 0 aliphatic carbocycles. The number of benzene rings is 5. The van der Waals surface area contributed by atoms with Gasteiger partial charge in [0.15, 0.2) is 0 Å². The van der Waals surface area contributed by atoms with Crippen molar-refractivity contribution in [2.24, 2.45) is 0 Å². The van der Waals surface area contributed by atoms with Crippen LogP contribution in [-0.4, -0.2) is 14.1 Å². The fourth-order valence-electron chi connectivity index (χ4n) is 6.74. The zero-order valence-corrected chi connectivity index (χ0v) is 25.3. The lowest BCUT2D eigenvalue weighted by molar-refractivity contribution is 1.14. The smallest absolute Gasteiger partial charge is 0.0645 e. The number of anilines is 3. The fourth-order valence-corrected chi connectivity index (χ4v) is 6.74. The second-order valence-corrected chi connectivity index (χ2v) is 11.2. The molecular weight excluding hydrogens is 548 g/mol. The third-order valence-corrected chi connectivity index (χ3v) is 8.64. The Morgan fingerprint density at radius 2 is 1.18 bits per heavy atom. The lowest BCUT2D eigenvalue weighted by Crippen LogP contribution is -2.09. The Kier molecular flexibility index (Phi) is 6.54. The van der Waals surface area contributed by atoms with E-state index in [1.54, 1.807) is 0 Å². The van der Waals surface area contributed by atoms with Crippen molar-refractivity contribution >= 4 is 66.4 Å². The fraction of sp³-hybridized carbons (Fsp3) is 0.0488. The summed E-state index contributed by atoms with van der Waals surface area (Å²) in [7, 11) is 0. The molecule has 3 aromatic heterocycles. The van der Waals surface area contributed by atoms with E-state index in [0.717, 1.165) is 34.0 Å². The first kappa shape index (κ1) is 26.7. The monoisotopic (exact) mass is 580 g/mol. The zero-order valence-electron chi connectivity index (χ0n) is 25.3. The molecule has 0 unspecified atom stereocenters. The number of aromatic nitrogens is 3. The van der Waals surface area contributed by atoms with Crippen LogP contribution in [0, 0.1) is 0 Å². The molecule has 0 saturated carbocycles. The predicted octanol–water partition coefficient (Wildman–Crippen LogP) is 11.2. The summed E-state index contributed by atoms with van der Waals surface area (Å²) in [5.41, 5.74) is 10.2. The molecule has 0 aliphatic rings. The maximum Gasteiger partial charge on any atom is 0.0645 e. The van der Waals surface area contributed by atoms with Crippen molar-refractivity contribution < 1.29 is 0 Å². The van der Waals surface area contributed by atoms with Crippen LogP contribution < -0.4 is 4.90 Å². The Balaban J connectivity index is 1.37. The molecule has 0 fully saturated rings. The number of hydrogen-bond acceptors (Lipinski definition) is 2.